The third-order valence-electron chi connectivity index (χ3n) is 4.73. The van der Waals surface area contributed by atoms with E-state index in [0.29, 0.717) is 0 Å². The molecule has 1 heterocycles. The van der Waals surface area contributed by atoms with Crippen LogP contribution >= 0.6 is 15.9 Å². The highest BCUT2D eigenvalue weighted by Gasteiger charge is 2.17. The van der Waals surface area contributed by atoms with Gasteiger partial charge in [-0.15, -0.1) is 0 Å². The van der Waals surface area contributed by atoms with E-state index >= 15 is 0 Å². The summed E-state index contributed by atoms with van der Waals surface area (Å²) in [5.74, 6) is 0. The molecule has 4 rings (SSSR count). The van der Waals surface area contributed by atoms with Gasteiger partial charge in [0.15, 0.2) is 6.20 Å². The average molecular weight is 427 g/mol. The molecular formula is C26H21BrN+. The summed E-state index contributed by atoms with van der Waals surface area (Å²) in [5, 5.41) is 0. The summed E-state index contributed by atoms with van der Waals surface area (Å²) in [5.41, 5.74) is 7.19. The molecule has 0 aliphatic heterocycles. The van der Waals surface area contributed by atoms with Crippen LogP contribution in [0.2, 0.25) is 0 Å². The summed E-state index contributed by atoms with van der Waals surface area (Å²) >= 11 is 3.56. The zero-order valence-electron chi connectivity index (χ0n) is 15.7. The van der Waals surface area contributed by atoms with Gasteiger partial charge in [0.2, 0.25) is 5.69 Å². The van der Waals surface area contributed by atoms with Crippen molar-refractivity contribution in [2.45, 2.75) is 0 Å². The monoisotopic (exact) mass is 426 g/mol. The predicted octanol–water partition coefficient (Wildman–Crippen LogP) is 6.78. The molecule has 0 unspecified atom stereocenters. The van der Waals surface area contributed by atoms with Crippen molar-refractivity contribution in [3.63, 3.8) is 0 Å². The zero-order valence-corrected chi connectivity index (χ0v) is 17.3. The van der Waals surface area contributed by atoms with E-state index < -0.39 is 0 Å². The number of rotatable bonds is 4. The van der Waals surface area contributed by atoms with E-state index in [0.717, 1.165) is 4.47 Å². The first-order valence-electron chi connectivity index (χ1n) is 9.29. The summed E-state index contributed by atoms with van der Waals surface area (Å²) in [6.45, 7) is 0. The Morgan fingerprint density at radius 3 is 2.04 bits per heavy atom. The molecule has 1 nitrogen and oxygen atoms in total. The maximum atomic E-state index is 3.56. The molecule has 0 N–H and O–H groups in total. The number of benzene rings is 3. The van der Waals surface area contributed by atoms with E-state index in [1.54, 1.807) is 0 Å². The van der Waals surface area contributed by atoms with Crippen molar-refractivity contribution < 1.29 is 4.57 Å². The summed E-state index contributed by atoms with van der Waals surface area (Å²) < 4.78 is 3.31. The van der Waals surface area contributed by atoms with Crippen LogP contribution in [0.25, 0.3) is 34.5 Å². The first-order chi connectivity index (χ1) is 13.7. The summed E-state index contributed by atoms with van der Waals surface area (Å²) in [6, 6.07) is 31.7. The van der Waals surface area contributed by atoms with Crippen LogP contribution in [0.5, 0.6) is 0 Å². The van der Waals surface area contributed by atoms with Gasteiger partial charge in [-0.25, -0.2) is 0 Å². The number of aromatic nitrogens is 1. The topological polar surface area (TPSA) is 3.88 Å². The fourth-order valence-electron chi connectivity index (χ4n) is 3.43. The molecule has 0 aliphatic rings. The largest absolute Gasteiger partial charge is 0.219 e. The Kier molecular flexibility index (Phi) is 5.50. The number of halogens is 1. The van der Waals surface area contributed by atoms with E-state index in [4.69, 9.17) is 0 Å². The Hall–Kier alpha value is -2.97. The van der Waals surface area contributed by atoms with E-state index in [1.807, 2.05) is 6.07 Å². The van der Waals surface area contributed by atoms with Gasteiger partial charge >= 0.3 is 0 Å². The van der Waals surface area contributed by atoms with E-state index in [9.17, 15) is 0 Å². The van der Waals surface area contributed by atoms with Gasteiger partial charge in [-0.2, -0.15) is 4.57 Å². The molecule has 136 valence electrons. The van der Waals surface area contributed by atoms with Gasteiger partial charge in [0, 0.05) is 21.2 Å². The third kappa shape index (κ3) is 4.13. The van der Waals surface area contributed by atoms with Gasteiger partial charge in [0.1, 0.15) is 7.05 Å². The lowest BCUT2D eigenvalue weighted by atomic mass is 9.99. The lowest BCUT2D eigenvalue weighted by Crippen LogP contribution is -2.31. The van der Waals surface area contributed by atoms with E-state index in [2.05, 4.69) is 131 Å². The van der Waals surface area contributed by atoms with Crippen molar-refractivity contribution in [2.75, 3.05) is 0 Å². The minimum absolute atomic E-state index is 1.08. The Balaban J connectivity index is 1.86. The molecular weight excluding hydrogens is 406 g/mol. The van der Waals surface area contributed by atoms with Crippen molar-refractivity contribution >= 4 is 28.1 Å². The average Bonchev–Trinajstić information content (AvgIpc) is 2.73. The van der Waals surface area contributed by atoms with Crippen LogP contribution in [-0.4, -0.2) is 0 Å². The van der Waals surface area contributed by atoms with Crippen LogP contribution in [0, 0.1) is 0 Å². The smallest absolute Gasteiger partial charge is 0.200 e. The Morgan fingerprint density at radius 1 is 0.679 bits per heavy atom. The van der Waals surface area contributed by atoms with Gasteiger partial charge in [-0.05, 0) is 47.5 Å². The standard InChI is InChI=1S/C26H21BrN/c1-28-19-24(21-10-4-2-5-11-21)18-23(26(28)22-12-6-3-7-13-22)16-15-20-9-8-14-25(27)17-20/h2-19H,1H3/q+1/b16-15+. The van der Waals surface area contributed by atoms with Crippen molar-refractivity contribution in [1.82, 2.24) is 0 Å². The summed E-state index contributed by atoms with van der Waals surface area (Å²) in [6.07, 6.45) is 6.58. The van der Waals surface area contributed by atoms with Crippen LogP contribution in [0.15, 0.2) is 102 Å². The quantitative estimate of drug-likeness (QED) is 0.316. The lowest BCUT2D eigenvalue weighted by molar-refractivity contribution is -0.660. The number of hydrogen-bond donors (Lipinski definition) is 0. The molecule has 0 aliphatic carbocycles. The highest BCUT2D eigenvalue weighted by Crippen LogP contribution is 2.27. The molecule has 0 atom stereocenters. The second-order valence-electron chi connectivity index (χ2n) is 6.76. The maximum Gasteiger partial charge on any atom is 0.219 e. The van der Waals surface area contributed by atoms with Crippen molar-refractivity contribution in [3.05, 3.63) is 113 Å². The van der Waals surface area contributed by atoms with Crippen molar-refractivity contribution in [2.24, 2.45) is 7.05 Å². The van der Waals surface area contributed by atoms with Crippen LogP contribution in [-0.2, 0) is 7.05 Å². The molecule has 0 spiro atoms. The number of aryl methyl sites for hydroxylation is 1. The van der Waals surface area contributed by atoms with Crippen molar-refractivity contribution in [1.29, 1.82) is 0 Å². The normalized spacial score (nSPS) is 11.1. The molecule has 0 fully saturated rings. The zero-order chi connectivity index (χ0) is 19.3. The molecule has 28 heavy (non-hydrogen) atoms. The van der Waals surface area contributed by atoms with Gasteiger partial charge in [-0.3, -0.25) is 0 Å². The Morgan fingerprint density at radius 2 is 1.36 bits per heavy atom. The molecule has 4 aromatic rings. The van der Waals surface area contributed by atoms with Gasteiger partial charge in [0.05, 0.1) is 0 Å². The molecule has 1 aromatic heterocycles. The van der Waals surface area contributed by atoms with Gasteiger partial charge in [-0.1, -0.05) is 82.7 Å². The first kappa shape index (κ1) is 18.4. The Labute approximate surface area is 174 Å². The molecule has 0 saturated carbocycles. The molecule has 0 bridgehead atoms. The SMILES string of the molecule is C[n+]1cc(-c2ccccc2)cc(/C=C/c2cccc(Br)c2)c1-c1ccccc1. The van der Waals surface area contributed by atoms with Gasteiger partial charge in [0.25, 0.3) is 0 Å². The third-order valence-corrected chi connectivity index (χ3v) is 5.22. The van der Waals surface area contributed by atoms with E-state index in [1.165, 1.54) is 33.5 Å². The minimum Gasteiger partial charge on any atom is -0.200 e. The fourth-order valence-corrected chi connectivity index (χ4v) is 3.85. The second kappa shape index (κ2) is 8.37. The van der Waals surface area contributed by atoms with Crippen LogP contribution in [0.3, 0.4) is 0 Å². The first-order valence-corrected chi connectivity index (χ1v) is 10.1. The lowest BCUT2D eigenvalue weighted by Gasteiger charge is -2.08. The van der Waals surface area contributed by atoms with Crippen LogP contribution < -0.4 is 4.57 Å². The van der Waals surface area contributed by atoms with Gasteiger partial charge < -0.3 is 0 Å². The molecule has 3 aromatic carbocycles. The minimum atomic E-state index is 1.08. The molecule has 0 saturated heterocycles. The molecule has 0 amide bonds. The number of nitrogens with zero attached hydrogens (tertiary/aromatic N) is 1. The summed E-state index contributed by atoms with van der Waals surface area (Å²) in [7, 11) is 2.12. The van der Waals surface area contributed by atoms with Crippen LogP contribution in [0.1, 0.15) is 11.1 Å². The summed E-state index contributed by atoms with van der Waals surface area (Å²) in [4.78, 5) is 0. The number of hydrogen-bond acceptors (Lipinski definition) is 0. The second-order valence-corrected chi connectivity index (χ2v) is 7.68. The molecule has 2 heteroatoms. The molecule has 0 radical (unpaired) electrons. The predicted molar refractivity (Wildman–Crippen MR) is 122 cm³/mol. The highest BCUT2D eigenvalue weighted by atomic mass is 79.9. The fraction of sp³-hybridized carbons (Fsp3) is 0.0385. The number of pyridine rings is 1. The van der Waals surface area contributed by atoms with Crippen LogP contribution in [0.4, 0.5) is 0 Å². The Bertz CT molecular complexity index is 1120. The highest BCUT2D eigenvalue weighted by molar-refractivity contribution is 9.10. The van der Waals surface area contributed by atoms with E-state index in [-0.39, 0.29) is 0 Å². The van der Waals surface area contributed by atoms with Crippen molar-refractivity contribution in [3.8, 4) is 22.4 Å². The maximum absolute atomic E-state index is 3.56.